The maximum atomic E-state index is 12.8. The van der Waals surface area contributed by atoms with Gasteiger partial charge in [-0.2, -0.15) is 5.10 Å². The number of aromatic nitrogens is 5. The van der Waals surface area contributed by atoms with E-state index in [9.17, 15) is 4.79 Å². The van der Waals surface area contributed by atoms with Crippen molar-refractivity contribution in [3.63, 3.8) is 0 Å². The highest BCUT2D eigenvalue weighted by atomic mass is 32.1. The Balaban J connectivity index is 1.39. The molecule has 7 nitrogen and oxygen atoms in total. The van der Waals surface area contributed by atoms with Crippen molar-refractivity contribution >= 4 is 22.4 Å². The van der Waals surface area contributed by atoms with Crippen LogP contribution < -0.4 is 5.32 Å². The zero-order chi connectivity index (χ0) is 21.0. The first kappa shape index (κ1) is 18.8. The molecular formula is C23H16N6OS. The zero-order valence-electron chi connectivity index (χ0n) is 16.2. The van der Waals surface area contributed by atoms with Crippen LogP contribution in [0, 0.1) is 0 Å². The predicted octanol–water partition coefficient (Wildman–Crippen LogP) is 4.71. The quantitative estimate of drug-likeness (QED) is 0.442. The Bertz CT molecular complexity index is 1330. The molecule has 0 radical (unpaired) electrons. The molecular weight excluding hydrogens is 408 g/mol. The second-order valence-corrected chi connectivity index (χ2v) is 7.60. The molecule has 31 heavy (non-hydrogen) atoms. The van der Waals surface area contributed by atoms with Gasteiger partial charge >= 0.3 is 0 Å². The second-order valence-electron chi connectivity index (χ2n) is 6.63. The number of pyridine rings is 1. The Hall–Kier alpha value is -4.17. The number of hydrogen-bond acceptors (Lipinski definition) is 6. The number of rotatable bonds is 5. The summed E-state index contributed by atoms with van der Waals surface area (Å²) in [4.78, 5) is 17.1. The maximum absolute atomic E-state index is 12.8. The average molecular weight is 424 g/mol. The molecule has 0 fully saturated rings. The number of nitrogens with one attached hydrogen (secondary N) is 1. The van der Waals surface area contributed by atoms with Crippen molar-refractivity contribution in [2.45, 2.75) is 0 Å². The standard InChI is InChI=1S/C23H16N6OS/c30-21(26-23-28-27-22(31-23)19-11-4-5-13-24-19)17-9-6-10-18(15-17)29-20(12-14-25-29)16-7-2-1-3-8-16/h1-15H,(H,26,28,30). The number of anilines is 1. The fourth-order valence-electron chi connectivity index (χ4n) is 3.15. The molecule has 8 heteroatoms. The van der Waals surface area contributed by atoms with Gasteiger partial charge in [-0.1, -0.05) is 53.8 Å². The first-order valence-electron chi connectivity index (χ1n) is 9.54. The van der Waals surface area contributed by atoms with Crippen LogP contribution in [0.1, 0.15) is 10.4 Å². The summed E-state index contributed by atoms with van der Waals surface area (Å²) in [5.41, 5.74) is 4.01. The van der Waals surface area contributed by atoms with E-state index in [-0.39, 0.29) is 5.91 Å². The van der Waals surface area contributed by atoms with Gasteiger partial charge in [-0.3, -0.25) is 15.1 Å². The van der Waals surface area contributed by atoms with Crippen molar-refractivity contribution in [2.75, 3.05) is 5.32 Å². The Labute approximate surface area is 182 Å². The minimum Gasteiger partial charge on any atom is -0.296 e. The highest BCUT2D eigenvalue weighted by Crippen LogP contribution is 2.26. The molecule has 0 atom stereocenters. The number of carbonyl (C=O) groups is 1. The molecule has 5 aromatic rings. The molecule has 5 rings (SSSR count). The van der Waals surface area contributed by atoms with Crippen LogP contribution in [0.2, 0.25) is 0 Å². The summed E-state index contributed by atoms with van der Waals surface area (Å²) in [6, 6.07) is 24.8. The van der Waals surface area contributed by atoms with E-state index in [0.717, 1.165) is 22.6 Å². The molecule has 150 valence electrons. The summed E-state index contributed by atoms with van der Waals surface area (Å²) in [5.74, 6) is -0.265. The van der Waals surface area contributed by atoms with Crippen LogP contribution in [0.25, 0.3) is 27.6 Å². The van der Waals surface area contributed by atoms with Gasteiger partial charge in [0.25, 0.3) is 5.91 Å². The molecule has 0 unspecified atom stereocenters. The third kappa shape index (κ3) is 3.96. The van der Waals surface area contributed by atoms with Crippen molar-refractivity contribution in [1.29, 1.82) is 0 Å². The van der Waals surface area contributed by atoms with Gasteiger partial charge in [0, 0.05) is 17.3 Å². The first-order chi connectivity index (χ1) is 15.3. The second kappa shape index (κ2) is 8.29. The van der Waals surface area contributed by atoms with Gasteiger partial charge in [0.05, 0.1) is 17.6 Å². The van der Waals surface area contributed by atoms with E-state index in [0.29, 0.717) is 15.7 Å². The van der Waals surface area contributed by atoms with Crippen molar-refractivity contribution in [2.24, 2.45) is 0 Å². The van der Waals surface area contributed by atoms with Crippen LogP contribution >= 0.6 is 11.3 Å². The third-order valence-corrected chi connectivity index (χ3v) is 5.46. The fraction of sp³-hybridized carbons (Fsp3) is 0. The molecule has 2 aromatic carbocycles. The maximum Gasteiger partial charge on any atom is 0.257 e. The van der Waals surface area contributed by atoms with Gasteiger partial charge in [-0.15, -0.1) is 10.2 Å². The summed E-state index contributed by atoms with van der Waals surface area (Å²) < 4.78 is 1.82. The van der Waals surface area contributed by atoms with Crippen LogP contribution in [-0.4, -0.2) is 30.9 Å². The van der Waals surface area contributed by atoms with E-state index in [1.807, 2.05) is 71.4 Å². The van der Waals surface area contributed by atoms with Crippen molar-refractivity contribution in [3.8, 4) is 27.6 Å². The highest BCUT2D eigenvalue weighted by Gasteiger charge is 2.14. The lowest BCUT2D eigenvalue weighted by molar-refractivity contribution is 0.102. The number of hydrogen-bond donors (Lipinski definition) is 1. The monoisotopic (exact) mass is 424 g/mol. The third-order valence-electron chi connectivity index (χ3n) is 4.59. The fourth-order valence-corrected chi connectivity index (χ4v) is 3.87. The minimum atomic E-state index is -0.265. The molecule has 3 aromatic heterocycles. The van der Waals surface area contributed by atoms with E-state index < -0.39 is 0 Å². The van der Waals surface area contributed by atoms with Crippen LogP contribution in [0.4, 0.5) is 5.13 Å². The zero-order valence-corrected chi connectivity index (χ0v) is 17.0. The predicted molar refractivity (Wildman–Crippen MR) is 120 cm³/mol. The average Bonchev–Trinajstić information content (AvgIpc) is 3.50. The lowest BCUT2D eigenvalue weighted by atomic mass is 10.1. The molecule has 1 amide bonds. The summed E-state index contributed by atoms with van der Waals surface area (Å²) in [6.45, 7) is 0. The molecule has 0 saturated carbocycles. The Morgan fingerprint density at radius 2 is 1.74 bits per heavy atom. The Kier molecular flexibility index (Phi) is 5.04. The van der Waals surface area contributed by atoms with Crippen molar-refractivity contribution < 1.29 is 4.79 Å². The molecule has 0 aliphatic heterocycles. The van der Waals surface area contributed by atoms with E-state index in [1.54, 1.807) is 24.5 Å². The number of nitrogens with zero attached hydrogens (tertiary/aromatic N) is 5. The summed E-state index contributed by atoms with van der Waals surface area (Å²) >= 11 is 1.28. The van der Waals surface area contributed by atoms with Gasteiger partial charge in [0.2, 0.25) is 5.13 Å². The van der Waals surface area contributed by atoms with Crippen LogP contribution in [0.5, 0.6) is 0 Å². The number of amides is 1. The van der Waals surface area contributed by atoms with Crippen molar-refractivity contribution in [3.05, 3.63) is 96.8 Å². The molecule has 1 N–H and O–H groups in total. The van der Waals surface area contributed by atoms with Crippen LogP contribution in [-0.2, 0) is 0 Å². The van der Waals surface area contributed by atoms with Gasteiger partial charge < -0.3 is 0 Å². The van der Waals surface area contributed by atoms with Gasteiger partial charge in [0.1, 0.15) is 5.69 Å². The molecule has 0 aliphatic carbocycles. The van der Waals surface area contributed by atoms with Crippen LogP contribution in [0.15, 0.2) is 91.3 Å². The summed E-state index contributed by atoms with van der Waals surface area (Å²) in [7, 11) is 0. The van der Waals surface area contributed by atoms with Gasteiger partial charge in [-0.25, -0.2) is 4.68 Å². The molecule has 0 aliphatic rings. The minimum absolute atomic E-state index is 0.265. The molecule has 0 saturated heterocycles. The lowest BCUT2D eigenvalue weighted by Gasteiger charge is -2.09. The van der Waals surface area contributed by atoms with E-state index in [1.165, 1.54) is 11.3 Å². The topological polar surface area (TPSA) is 85.6 Å². The normalized spacial score (nSPS) is 10.7. The van der Waals surface area contributed by atoms with Gasteiger partial charge in [-0.05, 0) is 36.4 Å². The van der Waals surface area contributed by atoms with Gasteiger partial charge in [0.15, 0.2) is 5.01 Å². The summed E-state index contributed by atoms with van der Waals surface area (Å²) in [5, 5.41) is 16.5. The van der Waals surface area contributed by atoms with E-state index >= 15 is 0 Å². The van der Waals surface area contributed by atoms with E-state index in [2.05, 4.69) is 25.6 Å². The first-order valence-corrected chi connectivity index (χ1v) is 10.4. The number of carbonyl (C=O) groups excluding carboxylic acids is 1. The van der Waals surface area contributed by atoms with Crippen molar-refractivity contribution in [1.82, 2.24) is 25.0 Å². The van der Waals surface area contributed by atoms with E-state index in [4.69, 9.17) is 0 Å². The SMILES string of the molecule is O=C(Nc1nnc(-c2ccccn2)s1)c1cccc(-n2nccc2-c2ccccc2)c1. The largest absolute Gasteiger partial charge is 0.296 e. The Morgan fingerprint density at radius 1 is 0.871 bits per heavy atom. The van der Waals surface area contributed by atoms with Crippen LogP contribution in [0.3, 0.4) is 0 Å². The Morgan fingerprint density at radius 3 is 2.58 bits per heavy atom. The molecule has 0 bridgehead atoms. The smallest absolute Gasteiger partial charge is 0.257 e. The lowest BCUT2D eigenvalue weighted by Crippen LogP contribution is -2.12. The highest BCUT2D eigenvalue weighted by molar-refractivity contribution is 7.18. The molecule has 3 heterocycles. The number of benzene rings is 2. The molecule has 0 spiro atoms. The summed E-state index contributed by atoms with van der Waals surface area (Å²) in [6.07, 6.45) is 3.44.